The van der Waals surface area contributed by atoms with Crippen molar-refractivity contribution < 1.29 is 9.18 Å². The fraction of sp³-hybridized carbons (Fsp3) is 0.154. The number of ketones is 1. The van der Waals surface area contributed by atoms with Gasteiger partial charge in [-0.15, -0.1) is 11.3 Å². The first-order valence-corrected chi connectivity index (χ1v) is 6.85. The van der Waals surface area contributed by atoms with Crippen LogP contribution in [0.2, 0.25) is 0 Å². The zero-order chi connectivity index (χ0) is 12.3. The highest BCUT2D eigenvalue weighted by atomic mass is 79.9. The summed E-state index contributed by atoms with van der Waals surface area (Å²) in [6.45, 7) is 0. The second-order valence-corrected chi connectivity index (χ2v) is 5.43. The lowest BCUT2D eigenvalue weighted by atomic mass is 10.1. The van der Waals surface area contributed by atoms with Crippen LogP contribution in [-0.2, 0) is 6.42 Å². The highest BCUT2D eigenvalue weighted by Crippen LogP contribution is 2.22. The SMILES string of the molecule is O=C(CCc1cccs1)c1cccc(F)c1Br. The van der Waals surface area contributed by atoms with Crippen LogP contribution >= 0.6 is 27.3 Å². The quantitative estimate of drug-likeness (QED) is 0.761. The van der Waals surface area contributed by atoms with Crippen molar-refractivity contribution in [1.82, 2.24) is 0 Å². The van der Waals surface area contributed by atoms with Crippen LogP contribution in [0.1, 0.15) is 21.7 Å². The van der Waals surface area contributed by atoms with E-state index in [1.54, 1.807) is 23.5 Å². The molecule has 0 aliphatic rings. The van der Waals surface area contributed by atoms with Gasteiger partial charge in [-0.25, -0.2) is 4.39 Å². The van der Waals surface area contributed by atoms with Crippen LogP contribution < -0.4 is 0 Å². The average Bonchev–Trinajstić information content (AvgIpc) is 2.82. The summed E-state index contributed by atoms with van der Waals surface area (Å²) in [5.74, 6) is -0.434. The third-order valence-electron chi connectivity index (χ3n) is 2.43. The predicted molar refractivity (Wildman–Crippen MR) is 71.1 cm³/mol. The van der Waals surface area contributed by atoms with E-state index in [1.165, 1.54) is 10.9 Å². The molecule has 0 saturated carbocycles. The first-order valence-electron chi connectivity index (χ1n) is 5.18. The molecule has 0 aliphatic heterocycles. The number of hydrogen-bond acceptors (Lipinski definition) is 2. The third-order valence-corrected chi connectivity index (χ3v) is 4.17. The molecule has 0 fully saturated rings. The molecule has 1 nitrogen and oxygen atoms in total. The van der Waals surface area contributed by atoms with Gasteiger partial charge in [0.05, 0.1) is 4.47 Å². The van der Waals surface area contributed by atoms with Crippen molar-refractivity contribution in [3.05, 3.63) is 56.4 Å². The van der Waals surface area contributed by atoms with Crippen LogP contribution in [0.3, 0.4) is 0 Å². The Morgan fingerprint density at radius 1 is 1.29 bits per heavy atom. The van der Waals surface area contributed by atoms with Gasteiger partial charge in [0.15, 0.2) is 5.78 Å². The molecule has 0 N–H and O–H groups in total. The summed E-state index contributed by atoms with van der Waals surface area (Å²) in [4.78, 5) is 13.1. The van der Waals surface area contributed by atoms with Gasteiger partial charge in [-0.2, -0.15) is 0 Å². The highest BCUT2D eigenvalue weighted by Gasteiger charge is 2.12. The van der Waals surface area contributed by atoms with Gasteiger partial charge in [0, 0.05) is 16.9 Å². The van der Waals surface area contributed by atoms with Crippen LogP contribution in [0.4, 0.5) is 4.39 Å². The smallest absolute Gasteiger partial charge is 0.164 e. The number of thiophene rings is 1. The Morgan fingerprint density at radius 2 is 2.12 bits per heavy atom. The number of carbonyl (C=O) groups excluding carboxylic acids is 1. The summed E-state index contributed by atoms with van der Waals surface area (Å²) in [6, 6.07) is 8.49. The minimum atomic E-state index is -0.396. The molecule has 4 heteroatoms. The zero-order valence-corrected chi connectivity index (χ0v) is 11.4. The van der Waals surface area contributed by atoms with Gasteiger partial charge in [0.25, 0.3) is 0 Å². The summed E-state index contributed by atoms with van der Waals surface area (Å²) in [5.41, 5.74) is 0.418. The van der Waals surface area contributed by atoms with Gasteiger partial charge in [-0.05, 0) is 39.9 Å². The van der Waals surface area contributed by atoms with E-state index in [1.807, 2.05) is 17.5 Å². The second-order valence-electron chi connectivity index (χ2n) is 3.60. The van der Waals surface area contributed by atoms with Crippen LogP contribution in [0, 0.1) is 5.82 Å². The number of benzene rings is 1. The Morgan fingerprint density at radius 3 is 2.82 bits per heavy atom. The summed E-state index contributed by atoms with van der Waals surface area (Å²) in [7, 11) is 0. The summed E-state index contributed by atoms with van der Waals surface area (Å²) >= 11 is 4.74. The molecular formula is C13H10BrFOS. The van der Waals surface area contributed by atoms with E-state index in [9.17, 15) is 9.18 Å². The fourth-order valence-electron chi connectivity index (χ4n) is 1.55. The number of aryl methyl sites for hydroxylation is 1. The van der Waals surface area contributed by atoms with Crippen molar-refractivity contribution in [3.8, 4) is 0 Å². The molecule has 0 saturated heterocycles. The Labute approximate surface area is 111 Å². The number of halogens is 2. The number of hydrogen-bond donors (Lipinski definition) is 0. The van der Waals surface area contributed by atoms with Gasteiger partial charge in [-0.1, -0.05) is 18.2 Å². The van der Waals surface area contributed by atoms with Crippen LogP contribution in [-0.4, -0.2) is 5.78 Å². The molecule has 88 valence electrons. The second kappa shape index (κ2) is 5.56. The van der Waals surface area contributed by atoms with E-state index >= 15 is 0 Å². The Balaban J connectivity index is 2.07. The number of rotatable bonds is 4. The lowest BCUT2D eigenvalue weighted by Crippen LogP contribution is -2.02. The molecular weight excluding hydrogens is 303 g/mol. The maximum absolute atomic E-state index is 13.3. The number of carbonyl (C=O) groups is 1. The molecule has 1 heterocycles. The van der Waals surface area contributed by atoms with Crippen molar-refractivity contribution in [2.75, 3.05) is 0 Å². The third kappa shape index (κ3) is 3.01. The topological polar surface area (TPSA) is 17.1 Å². The lowest BCUT2D eigenvalue weighted by molar-refractivity contribution is 0.0982. The molecule has 1 aromatic heterocycles. The monoisotopic (exact) mass is 312 g/mol. The molecule has 0 aliphatic carbocycles. The summed E-state index contributed by atoms with van der Waals surface area (Å²) in [6.07, 6.45) is 1.11. The minimum absolute atomic E-state index is 0.0372. The van der Waals surface area contributed by atoms with E-state index < -0.39 is 5.82 Å². The molecule has 1 aromatic carbocycles. The molecule has 17 heavy (non-hydrogen) atoms. The zero-order valence-electron chi connectivity index (χ0n) is 8.95. The van der Waals surface area contributed by atoms with Gasteiger partial charge < -0.3 is 0 Å². The van der Waals surface area contributed by atoms with Gasteiger partial charge in [0.2, 0.25) is 0 Å². The van der Waals surface area contributed by atoms with Gasteiger partial charge >= 0.3 is 0 Å². The maximum Gasteiger partial charge on any atom is 0.164 e. The molecule has 0 amide bonds. The van der Waals surface area contributed by atoms with Crippen LogP contribution in [0.25, 0.3) is 0 Å². The summed E-state index contributed by atoms with van der Waals surface area (Å²) in [5, 5.41) is 1.98. The molecule has 0 unspecified atom stereocenters. The molecule has 0 spiro atoms. The minimum Gasteiger partial charge on any atom is -0.294 e. The Hall–Kier alpha value is -1.00. The van der Waals surface area contributed by atoms with Gasteiger partial charge in [0.1, 0.15) is 5.82 Å². The molecule has 2 rings (SSSR count). The van der Waals surface area contributed by atoms with Gasteiger partial charge in [-0.3, -0.25) is 4.79 Å². The molecule has 0 bridgehead atoms. The van der Waals surface area contributed by atoms with Crippen molar-refractivity contribution in [3.63, 3.8) is 0 Å². The average molecular weight is 313 g/mol. The molecule has 0 radical (unpaired) electrons. The first-order chi connectivity index (χ1) is 8.18. The Bertz CT molecular complexity index is 522. The van der Waals surface area contributed by atoms with E-state index in [-0.39, 0.29) is 10.3 Å². The number of Topliss-reactive ketones (excluding diaryl/α,β-unsaturated/α-hetero) is 1. The van der Waals surface area contributed by atoms with Crippen molar-refractivity contribution >= 4 is 33.0 Å². The Kier molecular flexibility index (Phi) is 4.07. The molecule has 0 atom stereocenters. The summed E-state index contributed by atoms with van der Waals surface area (Å²) < 4.78 is 13.5. The normalized spacial score (nSPS) is 10.5. The molecule has 2 aromatic rings. The van der Waals surface area contributed by atoms with E-state index in [0.717, 1.165) is 0 Å². The van der Waals surface area contributed by atoms with Crippen molar-refractivity contribution in [1.29, 1.82) is 0 Å². The van der Waals surface area contributed by atoms with E-state index in [4.69, 9.17) is 0 Å². The van der Waals surface area contributed by atoms with Crippen LogP contribution in [0.5, 0.6) is 0 Å². The standard InChI is InChI=1S/C13H10BrFOS/c14-13-10(4-1-5-11(13)15)12(16)7-6-9-3-2-8-17-9/h1-5,8H,6-7H2. The first kappa shape index (κ1) is 12.5. The predicted octanol–water partition coefficient (Wildman–Crippen LogP) is 4.47. The van der Waals surface area contributed by atoms with E-state index in [0.29, 0.717) is 18.4 Å². The van der Waals surface area contributed by atoms with Crippen LogP contribution in [0.15, 0.2) is 40.2 Å². The largest absolute Gasteiger partial charge is 0.294 e. The lowest BCUT2D eigenvalue weighted by Gasteiger charge is -2.03. The maximum atomic E-state index is 13.3. The van der Waals surface area contributed by atoms with Crippen molar-refractivity contribution in [2.45, 2.75) is 12.8 Å². The van der Waals surface area contributed by atoms with E-state index in [2.05, 4.69) is 15.9 Å². The highest BCUT2D eigenvalue weighted by molar-refractivity contribution is 9.10. The fourth-order valence-corrected chi connectivity index (χ4v) is 2.74. The van der Waals surface area contributed by atoms with Crippen molar-refractivity contribution in [2.24, 2.45) is 0 Å².